The average molecular weight is 534 g/mol. The van der Waals surface area contributed by atoms with Gasteiger partial charge in [-0.05, 0) is 75.7 Å². The van der Waals surface area contributed by atoms with Crippen LogP contribution < -0.4 is 19.7 Å². The summed E-state index contributed by atoms with van der Waals surface area (Å²) in [4.78, 5) is 29.4. The Kier molecular flexibility index (Phi) is 7.85. The summed E-state index contributed by atoms with van der Waals surface area (Å²) in [6, 6.07) is 15.4. The molecule has 204 valence electrons. The lowest BCUT2D eigenvalue weighted by atomic mass is 9.99. The predicted octanol–water partition coefficient (Wildman–Crippen LogP) is 4.59. The summed E-state index contributed by atoms with van der Waals surface area (Å²) >= 11 is 0. The van der Waals surface area contributed by atoms with Crippen molar-refractivity contribution in [3.8, 4) is 11.5 Å². The van der Waals surface area contributed by atoms with Gasteiger partial charge in [-0.3, -0.25) is 14.5 Å². The van der Waals surface area contributed by atoms with Crippen molar-refractivity contribution in [1.29, 1.82) is 0 Å². The number of hydrogen-bond donors (Lipinski definition) is 1. The van der Waals surface area contributed by atoms with Gasteiger partial charge in [-0.25, -0.2) is 9.07 Å². The van der Waals surface area contributed by atoms with Crippen LogP contribution in [0.2, 0.25) is 0 Å². The van der Waals surface area contributed by atoms with Crippen molar-refractivity contribution in [2.75, 3.05) is 19.1 Å². The average Bonchev–Trinajstić information content (AvgIpc) is 3.30. The number of aryl methyl sites for hydroxylation is 1. The van der Waals surface area contributed by atoms with Gasteiger partial charge >= 0.3 is 0 Å². The van der Waals surface area contributed by atoms with E-state index in [0.717, 1.165) is 0 Å². The van der Waals surface area contributed by atoms with Gasteiger partial charge in [0.1, 0.15) is 35.4 Å². The van der Waals surface area contributed by atoms with Crippen molar-refractivity contribution in [2.45, 2.75) is 45.8 Å². The maximum absolute atomic E-state index is 14.9. The first-order valence-corrected chi connectivity index (χ1v) is 12.4. The van der Waals surface area contributed by atoms with E-state index in [1.165, 1.54) is 29.9 Å². The molecule has 9 nitrogen and oxygen atoms in total. The molecule has 10 heteroatoms. The van der Waals surface area contributed by atoms with Crippen LogP contribution in [0.3, 0.4) is 0 Å². The minimum atomic E-state index is -1.24. The number of carbonyl (C=O) groups excluding carboxylic acids is 2. The molecule has 0 saturated carbocycles. The molecule has 0 aliphatic rings. The summed E-state index contributed by atoms with van der Waals surface area (Å²) in [5, 5.41) is 11.2. The van der Waals surface area contributed by atoms with E-state index in [9.17, 15) is 14.0 Å². The zero-order valence-electron chi connectivity index (χ0n) is 22.9. The molecule has 0 aliphatic heterocycles. The lowest BCUT2D eigenvalue weighted by Gasteiger charge is -2.34. The number of nitrogens with one attached hydrogen (secondary N) is 1. The summed E-state index contributed by atoms with van der Waals surface area (Å²) in [5.41, 5.74) is 1.62. The zero-order valence-corrected chi connectivity index (χ0v) is 22.9. The first kappa shape index (κ1) is 27.6. The predicted molar refractivity (Wildman–Crippen MR) is 146 cm³/mol. The Hall–Kier alpha value is -4.47. The highest BCUT2D eigenvalue weighted by atomic mass is 19.1. The molecule has 3 aromatic carbocycles. The third kappa shape index (κ3) is 6.00. The number of carbonyl (C=O) groups is 2. The molecule has 0 aliphatic carbocycles. The molecule has 1 N–H and O–H groups in total. The normalized spacial score (nSPS) is 12.2. The van der Waals surface area contributed by atoms with E-state index < -0.39 is 29.2 Å². The fourth-order valence-corrected chi connectivity index (χ4v) is 4.30. The van der Waals surface area contributed by atoms with Crippen molar-refractivity contribution in [3.63, 3.8) is 0 Å². The van der Waals surface area contributed by atoms with Gasteiger partial charge < -0.3 is 14.8 Å². The van der Waals surface area contributed by atoms with E-state index in [-0.39, 0.29) is 12.2 Å². The second kappa shape index (κ2) is 11.1. The Morgan fingerprint density at radius 1 is 1.05 bits per heavy atom. The van der Waals surface area contributed by atoms with E-state index in [1.54, 1.807) is 49.4 Å². The number of amides is 2. The second-order valence-electron chi connectivity index (χ2n) is 10.2. The number of methoxy groups -OCH3 is 2. The van der Waals surface area contributed by atoms with Gasteiger partial charge in [-0.15, -0.1) is 5.10 Å². The van der Waals surface area contributed by atoms with Crippen LogP contribution in [0.5, 0.6) is 11.5 Å². The van der Waals surface area contributed by atoms with Gasteiger partial charge in [-0.2, -0.15) is 0 Å². The van der Waals surface area contributed by atoms with E-state index in [4.69, 9.17) is 9.47 Å². The van der Waals surface area contributed by atoms with E-state index in [0.29, 0.717) is 33.7 Å². The molecule has 1 heterocycles. The maximum Gasteiger partial charge on any atom is 0.249 e. The van der Waals surface area contributed by atoms with Crippen molar-refractivity contribution in [1.82, 2.24) is 20.3 Å². The standard InChI is InChI=1S/C29H32FN5O4/c1-18-11-12-19(15-22(18)30)35(26(36)17-34-24-10-8-7-9-23(24)32-33-34)27(28(37)31-29(2,3)4)21-16-20(38-5)13-14-25(21)39-6/h7-16,27H,17H2,1-6H3,(H,31,37)/t27-/m1/s1. The first-order chi connectivity index (χ1) is 18.5. The molecule has 1 aromatic heterocycles. The number of ether oxygens (including phenoxy) is 2. The van der Waals surface area contributed by atoms with E-state index in [2.05, 4.69) is 15.6 Å². The summed E-state index contributed by atoms with van der Waals surface area (Å²) in [5.74, 6) is -0.672. The minimum absolute atomic E-state index is 0.200. The molecule has 2 amide bonds. The van der Waals surface area contributed by atoms with Crippen LogP contribution in [0.25, 0.3) is 11.0 Å². The molecular formula is C29H32FN5O4. The fourth-order valence-electron chi connectivity index (χ4n) is 4.30. The number of fused-ring (bicyclic) bond motifs is 1. The van der Waals surface area contributed by atoms with Gasteiger partial charge in [0.15, 0.2) is 0 Å². The Balaban J connectivity index is 1.92. The SMILES string of the molecule is COc1ccc(OC)c([C@H](C(=O)NC(C)(C)C)N(C(=O)Cn2nnc3ccccc32)c2ccc(C)c(F)c2)c1. The Bertz CT molecular complexity index is 1510. The van der Waals surface area contributed by atoms with Crippen molar-refractivity contribution < 1.29 is 23.5 Å². The van der Waals surface area contributed by atoms with Crippen LogP contribution >= 0.6 is 0 Å². The molecule has 0 radical (unpaired) electrons. The number of rotatable bonds is 8. The zero-order chi connectivity index (χ0) is 28.3. The number of anilines is 1. The molecule has 0 fully saturated rings. The molecule has 0 bridgehead atoms. The number of hydrogen-bond acceptors (Lipinski definition) is 6. The van der Waals surface area contributed by atoms with Crippen LogP contribution in [0.4, 0.5) is 10.1 Å². The number of benzene rings is 3. The second-order valence-corrected chi connectivity index (χ2v) is 10.2. The van der Waals surface area contributed by atoms with Crippen LogP contribution in [-0.2, 0) is 16.1 Å². The smallest absolute Gasteiger partial charge is 0.249 e. The van der Waals surface area contributed by atoms with E-state index in [1.807, 2.05) is 32.9 Å². The van der Waals surface area contributed by atoms with Crippen LogP contribution in [0.15, 0.2) is 60.7 Å². The summed E-state index contributed by atoms with van der Waals surface area (Å²) < 4.78 is 27.4. The number of aromatic nitrogens is 3. The maximum atomic E-state index is 14.9. The van der Waals surface area contributed by atoms with Crippen molar-refractivity contribution in [3.05, 3.63) is 77.6 Å². The van der Waals surface area contributed by atoms with Crippen molar-refractivity contribution >= 4 is 28.5 Å². The quantitative estimate of drug-likeness (QED) is 0.356. The van der Waals surface area contributed by atoms with Gasteiger partial charge in [-0.1, -0.05) is 23.4 Å². The van der Waals surface area contributed by atoms with Gasteiger partial charge in [0.25, 0.3) is 0 Å². The highest BCUT2D eigenvalue weighted by Gasteiger charge is 2.37. The monoisotopic (exact) mass is 533 g/mol. The third-order valence-corrected chi connectivity index (χ3v) is 6.14. The highest BCUT2D eigenvalue weighted by molar-refractivity contribution is 6.02. The summed E-state index contributed by atoms with van der Waals surface area (Å²) in [7, 11) is 2.98. The Morgan fingerprint density at radius 3 is 2.46 bits per heavy atom. The largest absolute Gasteiger partial charge is 0.497 e. The van der Waals surface area contributed by atoms with Gasteiger partial charge in [0.05, 0.1) is 19.7 Å². The molecule has 1 atom stereocenters. The Labute approximate surface area is 226 Å². The topological polar surface area (TPSA) is 98.6 Å². The highest BCUT2D eigenvalue weighted by Crippen LogP contribution is 2.37. The minimum Gasteiger partial charge on any atom is -0.497 e. The lowest BCUT2D eigenvalue weighted by molar-refractivity contribution is -0.128. The Morgan fingerprint density at radius 2 is 1.79 bits per heavy atom. The molecule has 4 aromatic rings. The molecular weight excluding hydrogens is 501 g/mol. The van der Waals surface area contributed by atoms with Crippen LogP contribution in [0, 0.1) is 12.7 Å². The van der Waals surface area contributed by atoms with E-state index >= 15 is 0 Å². The molecule has 4 rings (SSSR count). The summed E-state index contributed by atoms with van der Waals surface area (Å²) in [6.07, 6.45) is 0. The first-order valence-electron chi connectivity index (χ1n) is 12.4. The van der Waals surface area contributed by atoms with Gasteiger partial charge in [0.2, 0.25) is 11.8 Å². The molecule has 0 saturated heterocycles. The number of para-hydroxylation sites is 1. The fraction of sp³-hybridized carbons (Fsp3) is 0.310. The van der Waals surface area contributed by atoms with Crippen LogP contribution in [0.1, 0.15) is 37.9 Å². The molecule has 39 heavy (non-hydrogen) atoms. The molecule has 0 spiro atoms. The van der Waals surface area contributed by atoms with Gasteiger partial charge in [0, 0.05) is 16.8 Å². The number of halogens is 1. The summed E-state index contributed by atoms with van der Waals surface area (Å²) in [6.45, 7) is 6.89. The number of nitrogens with zero attached hydrogens (tertiary/aromatic N) is 4. The van der Waals surface area contributed by atoms with Crippen LogP contribution in [-0.4, -0.2) is 46.6 Å². The van der Waals surface area contributed by atoms with Crippen molar-refractivity contribution in [2.24, 2.45) is 0 Å². The lowest BCUT2D eigenvalue weighted by Crippen LogP contribution is -2.50. The molecule has 0 unspecified atom stereocenters. The third-order valence-electron chi connectivity index (χ3n) is 6.14.